The molecule has 0 bridgehead atoms. The number of hydrogen-bond acceptors (Lipinski definition) is 6. The van der Waals surface area contributed by atoms with Gasteiger partial charge >= 0.3 is 0 Å². The normalized spacial score (nSPS) is 19.8. The molecule has 3 aliphatic heterocycles. The Morgan fingerprint density at radius 2 is 1.79 bits per heavy atom. The van der Waals surface area contributed by atoms with Crippen molar-refractivity contribution in [3.05, 3.63) is 63.9 Å². The maximum absolute atomic E-state index is 13.2. The zero-order valence-corrected chi connectivity index (χ0v) is 20.4. The van der Waals surface area contributed by atoms with Gasteiger partial charge in [-0.05, 0) is 54.6 Å². The summed E-state index contributed by atoms with van der Waals surface area (Å²) >= 11 is 0. The molecule has 1 saturated heterocycles. The van der Waals surface area contributed by atoms with E-state index in [2.05, 4.69) is 35.8 Å². The lowest BCUT2D eigenvalue weighted by molar-refractivity contribution is 0.0329. The Bertz CT molecular complexity index is 1080. The molecule has 0 unspecified atom stereocenters. The third-order valence-electron chi connectivity index (χ3n) is 6.94. The lowest BCUT2D eigenvalue weighted by Gasteiger charge is -2.31. The fourth-order valence-corrected chi connectivity index (χ4v) is 4.89. The summed E-state index contributed by atoms with van der Waals surface area (Å²) in [5.74, 6) is 2.31. The highest BCUT2D eigenvalue weighted by Gasteiger charge is 2.35. The number of benzene rings is 2. The smallest absolute Gasteiger partial charge is 0.232 e. The second-order valence-electron chi connectivity index (χ2n) is 9.77. The second-order valence-corrected chi connectivity index (χ2v) is 9.77. The molecule has 3 aliphatic rings. The number of fused-ring (bicyclic) bond motifs is 3. The van der Waals surface area contributed by atoms with Crippen LogP contribution in [0, 0.1) is 6.92 Å². The van der Waals surface area contributed by atoms with Crippen LogP contribution >= 0.6 is 0 Å². The summed E-state index contributed by atoms with van der Waals surface area (Å²) in [6, 6.07) is 10.3. The van der Waals surface area contributed by atoms with Crippen LogP contribution in [0.3, 0.4) is 0 Å². The topological polar surface area (TPSA) is 51.2 Å². The van der Waals surface area contributed by atoms with Gasteiger partial charge in [0.25, 0.3) is 0 Å². The average molecular weight is 463 g/mol. The van der Waals surface area contributed by atoms with Gasteiger partial charge in [0.05, 0.1) is 24.3 Å². The lowest BCUT2D eigenvalue weighted by Crippen LogP contribution is -2.39. The summed E-state index contributed by atoms with van der Waals surface area (Å²) in [4.78, 5) is 18.0. The number of aryl methyl sites for hydroxylation is 1. The fourth-order valence-electron chi connectivity index (χ4n) is 4.89. The molecule has 3 heterocycles. The molecule has 0 atom stereocenters. The molecule has 180 valence electrons. The average Bonchev–Trinajstić information content (AvgIpc) is 3.17. The Morgan fingerprint density at radius 1 is 1.06 bits per heavy atom. The Kier molecular flexibility index (Phi) is 6.73. The number of carbonyl (C=O) groups is 1. The van der Waals surface area contributed by atoms with Gasteiger partial charge in [-0.3, -0.25) is 14.6 Å². The zero-order valence-electron chi connectivity index (χ0n) is 20.4. The van der Waals surface area contributed by atoms with Gasteiger partial charge in [-0.2, -0.15) is 0 Å². The number of carbonyl (C=O) groups excluding carboxylic acids is 1. The van der Waals surface area contributed by atoms with E-state index < -0.39 is 0 Å². The van der Waals surface area contributed by atoms with E-state index in [0.717, 1.165) is 74.8 Å². The third-order valence-corrected chi connectivity index (χ3v) is 6.94. The van der Waals surface area contributed by atoms with Crippen LogP contribution in [-0.4, -0.2) is 61.7 Å². The van der Waals surface area contributed by atoms with Crippen molar-refractivity contribution in [1.82, 2.24) is 9.80 Å². The fraction of sp³-hybridized carbons (Fsp3) is 0.464. The van der Waals surface area contributed by atoms with Gasteiger partial charge in [0, 0.05) is 26.2 Å². The molecular weight excluding hydrogens is 428 g/mol. The Morgan fingerprint density at radius 3 is 2.53 bits per heavy atom. The Labute approximate surface area is 202 Å². The van der Waals surface area contributed by atoms with E-state index in [4.69, 9.17) is 14.2 Å². The van der Waals surface area contributed by atoms with Gasteiger partial charge in [0.1, 0.15) is 18.2 Å². The van der Waals surface area contributed by atoms with Crippen molar-refractivity contribution in [3.63, 3.8) is 0 Å². The van der Waals surface area contributed by atoms with Crippen LogP contribution < -0.4 is 9.47 Å². The molecule has 0 spiro atoms. The van der Waals surface area contributed by atoms with Crippen LogP contribution in [0.15, 0.2) is 36.1 Å². The largest absolute Gasteiger partial charge is 0.478 e. The molecule has 34 heavy (non-hydrogen) atoms. The number of ketones is 1. The van der Waals surface area contributed by atoms with Crippen LogP contribution in [0.25, 0.3) is 6.08 Å². The molecule has 2 aromatic carbocycles. The Balaban J connectivity index is 1.31. The quantitative estimate of drug-likeness (QED) is 0.585. The van der Waals surface area contributed by atoms with E-state index in [0.29, 0.717) is 29.7 Å². The third kappa shape index (κ3) is 4.76. The van der Waals surface area contributed by atoms with Crippen molar-refractivity contribution in [2.24, 2.45) is 0 Å². The molecule has 2 aromatic rings. The van der Waals surface area contributed by atoms with Crippen molar-refractivity contribution >= 4 is 11.9 Å². The summed E-state index contributed by atoms with van der Waals surface area (Å²) in [6.07, 6.45) is 2.92. The van der Waals surface area contributed by atoms with E-state index in [1.54, 1.807) is 0 Å². The minimum absolute atomic E-state index is 0.0484. The minimum atomic E-state index is -0.0484. The van der Waals surface area contributed by atoms with E-state index >= 15 is 0 Å². The van der Waals surface area contributed by atoms with Crippen LogP contribution in [0.5, 0.6) is 11.5 Å². The van der Waals surface area contributed by atoms with Gasteiger partial charge in [0.2, 0.25) is 5.78 Å². The minimum Gasteiger partial charge on any atom is -0.478 e. The molecule has 6 heteroatoms. The van der Waals surface area contributed by atoms with Gasteiger partial charge in [0.15, 0.2) is 5.76 Å². The molecule has 0 N–H and O–H groups in total. The van der Waals surface area contributed by atoms with Gasteiger partial charge < -0.3 is 14.2 Å². The lowest BCUT2D eigenvalue weighted by atomic mass is 9.98. The first-order valence-electron chi connectivity index (χ1n) is 12.4. The summed E-state index contributed by atoms with van der Waals surface area (Å²) in [6.45, 7) is 13.3. The SMILES string of the molecule is Cc1cc2c(c3c1C(=O)/C(=C/c1ccc(C(C)C)cc1)O3)CN(CCCN1CCOCC1)CO2. The first-order chi connectivity index (χ1) is 16.5. The van der Waals surface area contributed by atoms with Crippen LogP contribution in [0.2, 0.25) is 0 Å². The number of morpholine rings is 1. The number of nitrogens with zero attached hydrogens (tertiary/aromatic N) is 2. The summed E-state index contributed by atoms with van der Waals surface area (Å²) in [5.41, 5.74) is 4.79. The molecule has 1 fully saturated rings. The summed E-state index contributed by atoms with van der Waals surface area (Å²) in [7, 11) is 0. The maximum atomic E-state index is 13.2. The van der Waals surface area contributed by atoms with Gasteiger partial charge in [-0.1, -0.05) is 38.1 Å². The molecule has 0 amide bonds. The standard InChI is InChI=1S/C28H34N2O4/c1-19(2)22-7-5-21(6-8-22)16-25-27(31)26-20(3)15-24-23(28(26)34-25)17-30(18-33-24)10-4-9-29-11-13-32-14-12-29/h5-8,15-16,19H,4,9-14,17-18H2,1-3H3/b25-16-. The highest BCUT2D eigenvalue weighted by molar-refractivity contribution is 6.15. The molecule has 0 aromatic heterocycles. The maximum Gasteiger partial charge on any atom is 0.232 e. The molecule has 5 rings (SSSR count). The zero-order chi connectivity index (χ0) is 23.7. The van der Waals surface area contributed by atoms with Crippen molar-refractivity contribution in [1.29, 1.82) is 0 Å². The number of allylic oxidation sites excluding steroid dienone is 1. The van der Waals surface area contributed by atoms with Gasteiger partial charge in [-0.15, -0.1) is 0 Å². The highest BCUT2D eigenvalue weighted by atomic mass is 16.5. The number of Topliss-reactive ketones (excluding diaryl/α,β-unsaturated/α-hetero) is 1. The van der Waals surface area contributed by atoms with Crippen molar-refractivity contribution in [2.45, 2.75) is 39.7 Å². The van der Waals surface area contributed by atoms with E-state index in [1.807, 2.05) is 31.2 Å². The molecular formula is C28H34N2O4. The highest BCUT2D eigenvalue weighted by Crippen LogP contribution is 2.44. The van der Waals surface area contributed by atoms with Crippen LogP contribution in [-0.2, 0) is 11.3 Å². The van der Waals surface area contributed by atoms with Gasteiger partial charge in [-0.25, -0.2) is 0 Å². The first-order valence-corrected chi connectivity index (χ1v) is 12.4. The molecule has 0 radical (unpaired) electrons. The Hall–Kier alpha value is -2.67. The van der Waals surface area contributed by atoms with Crippen LogP contribution in [0.1, 0.15) is 58.8 Å². The number of rotatable bonds is 6. The first kappa shape index (κ1) is 23.1. The van der Waals surface area contributed by atoms with E-state index in [1.165, 1.54) is 5.56 Å². The van der Waals surface area contributed by atoms with Crippen LogP contribution in [0.4, 0.5) is 0 Å². The second kappa shape index (κ2) is 9.90. The molecule has 6 nitrogen and oxygen atoms in total. The van der Waals surface area contributed by atoms with Crippen molar-refractivity contribution in [2.75, 3.05) is 46.1 Å². The molecule has 0 saturated carbocycles. The predicted molar refractivity (Wildman–Crippen MR) is 132 cm³/mol. The van der Waals surface area contributed by atoms with E-state index in [-0.39, 0.29) is 5.78 Å². The number of ether oxygens (including phenoxy) is 3. The van der Waals surface area contributed by atoms with Crippen molar-refractivity contribution in [3.8, 4) is 11.5 Å². The summed E-state index contributed by atoms with van der Waals surface area (Å²) in [5, 5.41) is 0. The van der Waals surface area contributed by atoms with Crippen molar-refractivity contribution < 1.29 is 19.0 Å². The summed E-state index contributed by atoms with van der Waals surface area (Å²) < 4.78 is 17.7. The monoisotopic (exact) mass is 462 g/mol. The molecule has 0 aliphatic carbocycles. The predicted octanol–water partition coefficient (Wildman–Crippen LogP) is 4.61. The van der Waals surface area contributed by atoms with E-state index in [9.17, 15) is 4.79 Å². The number of hydrogen-bond donors (Lipinski definition) is 0.